The first kappa shape index (κ1) is 17.1. The average molecular weight is 361 g/mol. The standard InChI is InChI=1S/C18H14ClFN2O3/c1-10-6-7-11-16(23)13(18(24)25-2)9-22(17(11)21-10)8-12-14(19)4-3-5-15(12)20/h3-7,9H,8H2,1-2H3. The lowest BCUT2D eigenvalue weighted by atomic mass is 10.1. The van der Waals surface area contributed by atoms with E-state index in [1.807, 2.05) is 0 Å². The molecule has 0 fully saturated rings. The highest BCUT2D eigenvalue weighted by atomic mass is 35.5. The van der Waals surface area contributed by atoms with Crippen LogP contribution in [0.5, 0.6) is 0 Å². The number of aromatic nitrogens is 2. The molecule has 0 atom stereocenters. The Hall–Kier alpha value is -2.73. The van der Waals surface area contributed by atoms with Gasteiger partial charge in [0.1, 0.15) is 17.0 Å². The van der Waals surface area contributed by atoms with Crippen molar-refractivity contribution >= 4 is 28.6 Å². The van der Waals surface area contributed by atoms with Gasteiger partial charge in [-0.25, -0.2) is 14.2 Å². The molecule has 0 aliphatic rings. The SMILES string of the molecule is COC(=O)c1cn(Cc2c(F)cccc2Cl)c2nc(C)ccc2c1=O. The van der Waals surface area contributed by atoms with Crippen LogP contribution in [0.1, 0.15) is 21.6 Å². The number of nitrogens with zero attached hydrogens (tertiary/aromatic N) is 2. The number of esters is 1. The van der Waals surface area contributed by atoms with Crippen molar-refractivity contribution in [1.29, 1.82) is 0 Å². The van der Waals surface area contributed by atoms with E-state index in [1.54, 1.807) is 25.1 Å². The Morgan fingerprint density at radius 1 is 1.32 bits per heavy atom. The Morgan fingerprint density at radius 2 is 2.08 bits per heavy atom. The largest absolute Gasteiger partial charge is 0.465 e. The topological polar surface area (TPSA) is 61.2 Å². The lowest BCUT2D eigenvalue weighted by Gasteiger charge is -2.14. The number of pyridine rings is 2. The van der Waals surface area contributed by atoms with Gasteiger partial charge in [0.2, 0.25) is 5.43 Å². The third-order valence-electron chi connectivity index (χ3n) is 3.86. The Balaban J connectivity index is 2.29. The summed E-state index contributed by atoms with van der Waals surface area (Å²) < 4.78 is 20.3. The van der Waals surface area contributed by atoms with Crippen LogP contribution in [0, 0.1) is 12.7 Å². The van der Waals surface area contributed by atoms with E-state index in [0.29, 0.717) is 11.3 Å². The van der Waals surface area contributed by atoms with E-state index in [4.69, 9.17) is 11.6 Å². The van der Waals surface area contributed by atoms with Gasteiger partial charge < -0.3 is 9.30 Å². The summed E-state index contributed by atoms with van der Waals surface area (Å²) in [5.41, 5.74) is 0.648. The number of ether oxygens (including phenoxy) is 1. The second-order valence-corrected chi connectivity index (χ2v) is 5.92. The van der Waals surface area contributed by atoms with Crippen LogP contribution >= 0.6 is 11.6 Å². The molecule has 128 valence electrons. The van der Waals surface area contributed by atoms with E-state index in [2.05, 4.69) is 9.72 Å². The normalized spacial score (nSPS) is 10.9. The predicted octanol–water partition coefficient (Wildman–Crippen LogP) is 3.33. The number of hydrogen-bond acceptors (Lipinski definition) is 4. The molecule has 0 aliphatic heterocycles. The fourth-order valence-corrected chi connectivity index (χ4v) is 2.81. The van der Waals surface area contributed by atoms with Crippen LogP contribution in [0.15, 0.2) is 41.3 Å². The first-order valence-electron chi connectivity index (χ1n) is 7.44. The molecule has 1 aromatic carbocycles. The highest BCUT2D eigenvalue weighted by molar-refractivity contribution is 6.31. The lowest BCUT2D eigenvalue weighted by Crippen LogP contribution is -2.21. The van der Waals surface area contributed by atoms with Gasteiger partial charge in [0.25, 0.3) is 0 Å². The molecule has 2 aromatic heterocycles. The van der Waals surface area contributed by atoms with E-state index in [-0.39, 0.29) is 28.1 Å². The molecule has 3 aromatic rings. The van der Waals surface area contributed by atoms with Crippen LogP contribution in [0.4, 0.5) is 4.39 Å². The molecule has 0 aliphatic carbocycles. The molecule has 3 rings (SSSR count). The van der Waals surface area contributed by atoms with Gasteiger partial charge in [-0.3, -0.25) is 4.79 Å². The van der Waals surface area contributed by atoms with E-state index >= 15 is 0 Å². The molecule has 0 saturated carbocycles. The van der Waals surface area contributed by atoms with Crippen molar-refractivity contribution in [1.82, 2.24) is 9.55 Å². The van der Waals surface area contributed by atoms with Crippen LogP contribution < -0.4 is 5.43 Å². The lowest BCUT2D eigenvalue weighted by molar-refractivity contribution is 0.0598. The van der Waals surface area contributed by atoms with E-state index in [0.717, 1.165) is 0 Å². The molecule has 0 radical (unpaired) electrons. The maximum Gasteiger partial charge on any atom is 0.343 e. The minimum absolute atomic E-state index is 0.0166. The van der Waals surface area contributed by atoms with Crippen LogP contribution in [-0.2, 0) is 11.3 Å². The number of fused-ring (bicyclic) bond motifs is 1. The number of methoxy groups -OCH3 is 1. The minimum atomic E-state index is -0.763. The van der Waals surface area contributed by atoms with Gasteiger partial charge >= 0.3 is 5.97 Å². The average Bonchev–Trinajstić information content (AvgIpc) is 2.59. The van der Waals surface area contributed by atoms with Crippen molar-refractivity contribution < 1.29 is 13.9 Å². The molecule has 0 amide bonds. The van der Waals surface area contributed by atoms with Crippen LogP contribution in [0.3, 0.4) is 0 Å². The number of carbonyl (C=O) groups excluding carboxylic acids is 1. The van der Waals surface area contributed by atoms with Gasteiger partial charge in [0, 0.05) is 22.5 Å². The zero-order valence-corrected chi connectivity index (χ0v) is 14.3. The van der Waals surface area contributed by atoms with Gasteiger partial charge in [-0.1, -0.05) is 17.7 Å². The molecule has 25 heavy (non-hydrogen) atoms. The van der Waals surface area contributed by atoms with Crippen LogP contribution in [0.2, 0.25) is 5.02 Å². The summed E-state index contributed by atoms with van der Waals surface area (Å²) in [7, 11) is 1.19. The van der Waals surface area contributed by atoms with Gasteiger partial charge in [0.15, 0.2) is 0 Å². The zero-order valence-electron chi connectivity index (χ0n) is 13.5. The quantitative estimate of drug-likeness (QED) is 0.672. The fraction of sp³-hybridized carbons (Fsp3) is 0.167. The van der Waals surface area contributed by atoms with Gasteiger partial charge in [-0.05, 0) is 31.2 Å². The number of benzene rings is 1. The zero-order chi connectivity index (χ0) is 18.1. The Morgan fingerprint density at radius 3 is 2.76 bits per heavy atom. The molecule has 0 spiro atoms. The Kier molecular flexibility index (Phi) is 4.55. The van der Waals surface area contributed by atoms with E-state index in [1.165, 1.54) is 30.0 Å². The van der Waals surface area contributed by atoms with Gasteiger partial charge in [-0.15, -0.1) is 0 Å². The molecule has 7 heteroatoms. The number of hydrogen-bond donors (Lipinski definition) is 0. The summed E-state index contributed by atoms with van der Waals surface area (Å²) in [5, 5.41) is 0.500. The van der Waals surface area contributed by atoms with Crippen molar-refractivity contribution in [3.05, 3.63) is 74.4 Å². The summed E-state index contributed by atoms with van der Waals surface area (Å²) >= 11 is 6.10. The summed E-state index contributed by atoms with van der Waals surface area (Å²) in [4.78, 5) is 28.8. The molecule has 2 heterocycles. The molecular formula is C18H14ClFN2O3. The molecule has 0 saturated heterocycles. The molecule has 0 unspecified atom stereocenters. The van der Waals surface area contributed by atoms with E-state index < -0.39 is 17.2 Å². The molecule has 0 N–H and O–H groups in total. The number of rotatable bonds is 3. The molecular weight excluding hydrogens is 347 g/mol. The summed E-state index contributed by atoms with van der Waals surface area (Å²) in [6, 6.07) is 7.64. The monoisotopic (exact) mass is 360 g/mol. The van der Waals surface area contributed by atoms with Crippen molar-refractivity contribution in [3.8, 4) is 0 Å². The summed E-state index contributed by atoms with van der Waals surface area (Å²) in [6.07, 6.45) is 1.33. The van der Waals surface area contributed by atoms with Crippen LogP contribution in [0.25, 0.3) is 11.0 Å². The third kappa shape index (κ3) is 3.13. The van der Waals surface area contributed by atoms with Crippen molar-refractivity contribution in [2.75, 3.05) is 7.11 Å². The predicted molar refractivity (Wildman–Crippen MR) is 92.6 cm³/mol. The summed E-state index contributed by atoms with van der Waals surface area (Å²) in [5.74, 6) is -1.24. The van der Waals surface area contributed by atoms with E-state index in [9.17, 15) is 14.0 Å². The smallest absolute Gasteiger partial charge is 0.343 e. The van der Waals surface area contributed by atoms with Gasteiger partial charge in [-0.2, -0.15) is 0 Å². The van der Waals surface area contributed by atoms with Gasteiger partial charge in [0.05, 0.1) is 19.0 Å². The van der Waals surface area contributed by atoms with Crippen LogP contribution in [-0.4, -0.2) is 22.6 Å². The fourth-order valence-electron chi connectivity index (χ4n) is 2.59. The van der Waals surface area contributed by atoms with Crippen molar-refractivity contribution in [3.63, 3.8) is 0 Å². The maximum absolute atomic E-state index is 14.1. The molecule has 5 nitrogen and oxygen atoms in total. The number of aryl methyl sites for hydroxylation is 1. The molecule has 0 bridgehead atoms. The number of carbonyl (C=O) groups is 1. The second kappa shape index (κ2) is 6.64. The minimum Gasteiger partial charge on any atom is -0.465 e. The first-order valence-corrected chi connectivity index (χ1v) is 7.82. The Labute approximate surface area is 147 Å². The number of halogens is 2. The maximum atomic E-state index is 14.1. The Bertz CT molecular complexity index is 1030. The van der Waals surface area contributed by atoms with Crippen molar-refractivity contribution in [2.24, 2.45) is 0 Å². The first-order chi connectivity index (χ1) is 11.9. The third-order valence-corrected chi connectivity index (χ3v) is 4.21. The van der Waals surface area contributed by atoms with Crippen molar-refractivity contribution in [2.45, 2.75) is 13.5 Å². The highest BCUT2D eigenvalue weighted by Gasteiger charge is 2.18. The second-order valence-electron chi connectivity index (χ2n) is 5.52. The highest BCUT2D eigenvalue weighted by Crippen LogP contribution is 2.22. The summed E-state index contributed by atoms with van der Waals surface area (Å²) in [6.45, 7) is 1.79.